The second-order valence-corrected chi connectivity index (χ2v) is 8.09. The summed E-state index contributed by atoms with van der Waals surface area (Å²) in [5.41, 5.74) is 2.61. The molecule has 7 heteroatoms. The van der Waals surface area contributed by atoms with E-state index in [1.54, 1.807) is 6.08 Å². The number of carbonyl (C=O) groups excluding carboxylic acids is 2. The predicted molar refractivity (Wildman–Crippen MR) is 104 cm³/mol. The minimum atomic E-state index is -0.547. The Morgan fingerprint density at radius 3 is 2.62 bits per heavy atom. The number of amides is 2. The summed E-state index contributed by atoms with van der Waals surface area (Å²) < 4.78 is 5.29. The molecule has 1 aliphatic carbocycles. The molecule has 2 atom stereocenters. The van der Waals surface area contributed by atoms with E-state index in [9.17, 15) is 9.59 Å². The van der Waals surface area contributed by atoms with Gasteiger partial charge in [0.25, 0.3) is 0 Å². The molecule has 0 spiro atoms. The Morgan fingerprint density at radius 1 is 1.27 bits per heavy atom. The van der Waals surface area contributed by atoms with Gasteiger partial charge in [0.05, 0.1) is 12.5 Å². The molecule has 1 aliphatic rings. The zero-order chi connectivity index (χ0) is 19.5. The smallest absolute Gasteiger partial charge is 0.411 e. The molecule has 2 N–H and O–H groups in total. The molecular weight excluding hydrogens is 375 g/mol. The summed E-state index contributed by atoms with van der Waals surface area (Å²) in [6, 6.07) is 5.66. The predicted octanol–water partition coefficient (Wildman–Crippen LogP) is 4.56. The van der Waals surface area contributed by atoms with Gasteiger partial charge in [0.15, 0.2) is 0 Å². The molecule has 2 amide bonds. The Morgan fingerprint density at radius 2 is 1.96 bits per heavy atom. The maximum Gasteiger partial charge on any atom is 0.411 e. The summed E-state index contributed by atoms with van der Waals surface area (Å²) in [6.07, 6.45) is 1.15. The van der Waals surface area contributed by atoms with Crippen molar-refractivity contribution in [3.05, 3.63) is 39.9 Å². The SMILES string of the molecule is Cc1cccc(NC(=O)OCCNC(=O)C2C(C=C(Cl)Cl)C2(C)C)c1C. The van der Waals surface area contributed by atoms with E-state index < -0.39 is 6.09 Å². The van der Waals surface area contributed by atoms with Crippen LogP contribution in [0.1, 0.15) is 25.0 Å². The van der Waals surface area contributed by atoms with Crippen LogP contribution in [-0.2, 0) is 9.53 Å². The van der Waals surface area contributed by atoms with Gasteiger partial charge in [0, 0.05) is 5.69 Å². The summed E-state index contributed by atoms with van der Waals surface area (Å²) in [7, 11) is 0. The second-order valence-electron chi connectivity index (χ2n) is 7.08. The van der Waals surface area contributed by atoms with Crippen LogP contribution >= 0.6 is 23.2 Å². The summed E-state index contributed by atoms with van der Waals surface area (Å²) in [6.45, 7) is 8.22. The maximum absolute atomic E-state index is 12.2. The number of nitrogens with one attached hydrogen (secondary N) is 2. The average molecular weight is 399 g/mol. The second kappa shape index (κ2) is 8.31. The first-order valence-corrected chi connectivity index (χ1v) is 9.20. The number of hydrogen-bond acceptors (Lipinski definition) is 3. The highest BCUT2D eigenvalue weighted by atomic mass is 35.5. The van der Waals surface area contributed by atoms with Crippen molar-refractivity contribution in [3.63, 3.8) is 0 Å². The van der Waals surface area contributed by atoms with Crippen LogP contribution in [0.25, 0.3) is 0 Å². The Hall–Kier alpha value is -1.72. The molecule has 0 bridgehead atoms. The van der Waals surface area contributed by atoms with Gasteiger partial charge >= 0.3 is 6.09 Å². The number of allylic oxidation sites excluding steroid dienone is 1. The number of anilines is 1. The van der Waals surface area contributed by atoms with Crippen molar-refractivity contribution >= 4 is 40.9 Å². The third-order valence-corrected chi connectivity index (χ3v) is 5.23. The molecule has 0 aromatic heterocycles. The highest BCUT2D eigenvalue weighted by Crippen LogP contribution is 2.59. The summed E-state index contributed by atoms with van der Waals surface area (Å²) in [5, 5.41) is 5.49. The van der Waals surface area contributed by atoms with Crippen molar-refractivity contribution in [2.24, 2.45) is 17.3 Å². The molecule has 0 radical (unpaired) electrons. The fraction of sp³-hybridized carbons (Fsp3) is 0.474. The summed E-state index contributed by atoms with van der Waals surface area (Å²) in [5.74, 6) is -0.260. The van der Waals surface area contributed by atoms with Gasteiger partial charge in [-0.05, 0) is 48.4 Å². The minimum absolute atomic E-state index is 0.0148. The van der Waals surface area contributed by atoms with Gasteiger partial charge in [0.2, 0.25) is 5.91 Å². The molecule has 1 aromatic carbocycles. The van der Waals surface area contributed by atoms with E-state index in [1.807, 2.05) is 45.9 Å². The van der Waals surface area contributed by atoms with E-state index in [1.165, 1.54) is 0 Å². The van der Waals surface area contributed by atoms with E-state index in [-0.39, 0.29) is 40.8 Å². The van der Waals surface area contributed by atoms with E-state index in [0.29, 0.717) is 5.69 Å². The van der Waals surface area contributed by atoms with Crippen molar-refractivity contribution < 1.29 is 14.3 Å². The van der Waals surface area contributed by atoms with Crippen molar-refractivity contribution in [2.45, 2.75) is 27.7 Å². The zero-order valence-electron chi connectivity index (χ0n) is 15.4. The van der Waals surface area contributed by atoms with Gasteiger partial charge in [-0.25, -0.2) is 4.79 Å². The molecule has 26 heavy (non-hydrogen) atoms. The molecular formula is C19H24Cl2N2O3. The lowest BCUT2D eigenvalue weighted by Gasteiger charge is -2.11. The van der Waals surface area contributed by atoms with Crippen molar-refractivity contribution in [2.75, 3.05) is 18.5 Å². The highest BCUT2D eigenvalue weighted by molar-refractivity contribution is 6.55. The van der Waals surface area contributed by atoms with Gasteiger partial charge in [-0.1, -0.05) is 49.2 Å². The Labute approximate surface area is 164 Å². The van der Waals surface area contributed by atoms with E-state index in [4.69, 9.17) is 27.9 Å². The molecule has 0 saturated heterocycles. The highest BCUT2D eigenvalue weighted by Gasteiger charge is 2.60. The van der Waals surface area contributed by atoms with E-state index in [2.05, 4.69) is 10.6 Å². The Kier molecular flexibility index (Phi) is 6.58. The van der Waals surface area contributed by atoms with Crippen molar-refractivity contribution in [3.8, 4) is 0 Å². The molecule has 1 aromatic rings. The lowest BCUT2D eigenvalue weighted by molar-refractivity contribution is -0.123. The average Bonchev–Trinajstić information content (AvgIpc) is 3.08. The largest absolute Gasteiger partial charge is 0.447 e. The number of halogens is 2. The molecule has 1 fully saturated rings. The van der Waals surface area contributed by atoms with Crippen molar-refractivity contribution in [1.29, 1.82) is 0 Å². The normalized spacial score (nSPS) is 20.1. The third-order valence-electron chi connectivity index (χ3n) is 4.97. The van der Waals surface area contributed by atoms with E-state index in [0.717, 1.165) is 11.1 Å². The number of ether oxygens (including phenoxy) is 1. The van der Waals surface area contributed by atoms with Gasteiger partial charge in [-0.15, -0.1) is 0 Å². The number of aryl methyl sites for hydroxylation is 1. The monoisotopic (exact) mass is 398 g/mol. The van der Waals surface area contributed by atoms with Crippen LogP contribution in [0.4, 0.5) is 10.5 Å². The first kappa shape index (κ1) is 20.6. The summed E-state index contributed by atoms with van der Waals surface area (Å²) >= 11 is 11.4. The molecule has 5 nitrogen and oxygen atoms in total. The molecule has 2 rings (SSSR count). The number of benzene rings is 1. The van der Waals surface area contributed by atoms with E-state index >= 15 is 0 Å². The zero-order valence-corrected chi connectivity index (χ0v) is 16.9. The van der Waals surface area contributed by atoms with Gasteiger partial charge in [0.1, 0.15) is 11.1 Å². The first-order chi connectivity index (χ1) is 12.1. The number of hydrogen-bond donors (Lipinski definition) is 2. The lowest BCUT2D eigenvalue weighted by Crippen LogP contribution is -2.31. The molecule has 2 unspecified atom stereocenters. The van der Waals surface area contributed by atoms with Gasteiger partial charge in [-0.2, -0.15) is 0 Å². The van der Waals surface area contributed by atoms with Crippen LogP contribution in [0.15, 0.2) is 28.8 Å². The van der Waals surface area contributed by atoms with Crippen LogP contribution < -0.4 is 10.6 Å². The fourth-order valence-corrected chi connectivity index (χ4v) is 3.36. The number of rotatable bonds is 6. The molecule has 0 heterocycles. The van der Waals surface area contributed by atoms with Crippen LogP contribution in [0.2, 0.25) is 0 Å². The Balaban J connectivity index is 1.73. The number of carbonyl (C=O) groups is 2. The fourth-order valence-electron chi connectivity index (χ4n) is 3.09. The lowest BCUT2D eigenvalue weighted by atomic mass is 10.1. The van der Waals surface area contributed by atoms with Crippen LogP contribution in [0.5, 0.6) is 0 Å². The minimum Gasteiger partial charge on any atom is -0.447 e. The first-order valence-electron chi connectivity index (χ1n) is 8.45. The molecule has 142 valence electrons. The summed E-state index contributed by atoms with van der Waals surface area (Å²) in [4.78, 5) is 24.1. The van der Waals surface area contributed by atoms with Crippen molar-refractivity contribution in [1.82, 2.24) is 5.32 Å². The Bertz CT molecular complexity index is 727. The quantitative estimate of drug-likeness (QED) is 0.690. The molecule has 1 saturated carbocycles. The van der Waals surface area contributed by atoms with Crippen LogP contribution in [0, 0.1) is 31.1 Å². The van der Waals surface area contributed by atoms with Crippen LogP contribution in [-0.4, -0.2) is 25.2 Å². The van der Waals surface area contributed by atoms with Crippen LogP contribution in [0.3, 0.4) is 0 Å². The maximum atomic E-state index is 12.2. The topological polar surface area (TPSA) is 67.4 Å². The third kappa shape index (κ3) is 4.92. The van der Waals surface area contributed by atoms with Gasteiger partial charge in [-0.3, -0.25) is 10.1 Å². The standard InChI is InChI=1S/C19H24Cl2N2O3/c1-11-6-5-7-14(12(11)2)23-18(25)26-9-8-22-17(24)16-13(10-15(20)21)19(16,3)4/h5-7,10,13,16H,8-9H2,1-4H3,(H,22,24)(H,23,25). The van der Waals surface area contributed by atoms with Gasteiger partial charge < -0.3 is 10.1 Å². The molecule has 0 aliphatic heterocycles.